The zero-order valence-corrected chi connectivity index (χ0v) is 15.5. The SMILES string of the molecule is CCS(=O)(=O)c1ccc(C(=O)NCC(=O)c2cccc3c2OCCO3)cc1. The number of carbonyl (C=O) groups excluding carboxylic acids is 2. The Balaban J connectivity index is 1.67. The third-order valence-corrected chi connectivity index (χ3v) is 5.88. The lowest BCUT2D eigenvalue weighted by Gasteiger charge is -2.20. The van der Waals surface area contributed by atoms with E-state index in [-0.39, 0.29) is 28.5 Å². The van der Waals surface area contributed by atoms with E-state index in [4.69, 9.17) is 9.47 Å². The summed E-state index contributed by atoms with van der Waals surface area (Å²) in [4.78, 5) is 24.8. The summed E-state index contributed by atoms with van der Waals surface area (Å²) < 4.78 is 34.6. The maximum atomic E-state index is 12.4. The van der Waals surface area contributed by atoms with Crippen molar-refractivity contribution in [3.05, 3.63) is 53.6 Å². The van der Waals surface area contributed by atoms with Gasteiger partial charge in [0.1, 0.15) is 13.2 Å². The van der Waals surface area contributed by atoms with E-state index in [1.807, 2.05) is 0 Å². The lowest BCUT2D eigenvalue weighted by molar-refractivity contribution is 0.0899. The number of ketones is 1. The zero-order valence-electron chi connectivity index (χ0n) is 14.7. The molecule has 0 aliphatic carbocycles. The number of fused-ring (bicyclic) bond motifs is 1. The Morgan fingerprint density at radius 1 is 1.04 bits per heavy atom. The molecular formula is C19H19NO6S. The number of para-hydroxylation sites is 1. The van der Waals surface area contributed by atoms with Crippen molar-refractivity contribution in [2.75, 3.05) is 25.5 Å². The number of amides is 1. The molecule has 27 heavy (non-hydrogen) atoms. The monoisotopic (exact) mass is 389 g/mol. The number of sulfone groups is 1. The van der Waals surface area contributed by atoms with Gasteiger partial charge in [-0.3, -0.25) is 9.59 Å². The number of hydrogen-bond donors (Lipinski definition) is 1. The molecule has 0 unspecified atom stereocenters. The summed E-state index contributed by atoms with van der Waals surface area (Å²) in [6.07, 6.45) is 0. The van der Waals surface area contributed by atoms with Gasteiger partial charge < -0.3 is 14.8 Å². The summed E-state index contributed by atoms with van der Waals surface area (Å²) in [5.41, 5.74) is 0.615. The average molecular weight is 389 g/mol. The second kappa shape index (κ2) is 7.79. The first-order chi connectivity index (χ1) is 12.9. The lowest BCUT2D eigenvalue weighted by Crippen LogP contribution is -2.30. The Hall–Kier alpha value is -2.87. The molecule has 142 valence electrons. The maximum absolute atomic E-state index is 12.4. The molecule has 0 atom stereocenters. The second-order valence-electron chi connectivity index (χ2n) is 5.86. The van der Waals surface area contributed by atoms with Gasteiger partial charge in [-0.2, -0.15) is 0 Å². The van der Waals surface area contributed by atoms with Crippen LogP contribution < -0.4 is 14.8 Å². The van der Waals surface area contributed by atoms with E-state index >= 15 is 0 Å². The minimum absolute atomic E-state index is 0.0137. The lowest BCUT2D eigenvalue weighted by atomic mass is 10.1. The van der Waals surface area contributed by atoms with Crippen molar-refractivity contribution >= 4 is 21.5 Å². The Kier molecular flexibility index (Phi) is 5.46. The average Bonchev–Trinajstić information content (AvgIpc) is 2.71. The molecule has 0 bridgehead atoms. The van der Waals surface area contributed by atoms with Crippen LogP contribution in [0.4, 0.5) is 0 Å². The summed E-state index contributed by atoms with van der Waals surface area (Å²) in [6, 6.07) is 10.6. The van der Waals surface area contributed by atoms with E-state index in [0.29, 0.717) is 30.3 Å². The van der Waals surface area contributed by atoms with Crippen molar-refractivity contribution < 1.29 is 27.5 Å². The smallest absolute Gasteiger partial charge is 0.251 e. The van der Waals surface area contributed by atoms with Crippen molar-refractivity contribution in [1.82, 2.24) is 5.32 Å². The number of carbonyl (C=O) groups is 2. The van der Waals surface area contributed by atoms with Gasteiger partial charge in [0.05, 0.1) is 22.8 Å². The predicted molar refractivity (Wildman–Crippen MR) is 98.3 cm³/mol. The van der Waals surface area contributed by atoms with Gasteiger partial charge in [-0.15, -0.1) is 0 Å². The molecule has 0 radical (unpaired) electrons. The van der Waals surface area contributed by atoms with E-state index < -0.39 is 15.7 Å². The van der Waals surface area contributed by atoms with Gasteiger partial charge in [0.2, 0.25) is 0 Å². The largest absolute Gasteiger partial charge is 0.486 e. The van der Waals surface area contributed by atoms with Crippen molar-refractivity contribution in [2.24, 2.45) is 0 Å². The van der Waals surface area contributed by atoms with Gasteiger partial charge in [0.25, 0.3) is 5.91 Å². The fourth-order valence-electron chi connectivity index (χ4n) is 2.63. The summed E-state index contributed by atoms with van der Waals surface area (Å²) in [6.45, 7) is 2.12. The number of rotatable bonds is 6. The molecular weight excluding hydrogens is 370 g/mol. The predicted octanol–water partition coefficient (Wildman–Crippen LogP) is 1.86. The Morgan fingerprint density at radius 2 is 1.74 bits per heavy atom. The third kappa shape index (κ3) is 4.11. The molecule has 1 amide bonds. The fraction of sp³-hybridized carbons (Fsp3) is 0.263. The first kappa shape index (κ1) is 18.9. The van der Waals surface area contributed by atoms with Crippen LogP contribution in [0.5, 0.6) is 11.5 Å². The van der Waals surface area contributed by atoms with E-state index in [9.17, 15) is 18.0 Å². The molecule has 0 fully saturated rings. The standard InChI is InChI=1S/C19H19NO6S/c1-2-27(23,24)14-8-6-13(7-9-14)19(22)20-12-16(21)15-4-3-5-17-18(15)26-11-10-25-17/h3-9H,2,10-12H2,1H3,(H,20,22). The fourth-order valence-corrected chi connectivity index (χ4v) is 3.52. The van der Waals surface area contributed by atoms with Crippen molar-refractivity contribution in [3.8, 4) is 11.5 Å². The van der Waals surface area contributed by atoms with Gasteiger partial charge in [-0.05, 0) is 36.4 Å². The summed E-state index contributed by atoms with van der Waals surface area (Å²) in [5, 5.41) is 2.54. The van der Waals surface area contributed by atoms with Crippen LogP contribution in [0.2, 0.25) is 0 Å². The third-order valence-electron chi connectivity index (χ3n) is 4.13. The van der Waals surface area contributed by atoms with Gasteiger partial charge in [0.15, 0.2) is 27.1 Å². The second-order valence-corrected chi connectivity index (χ2v) is 8.14. The minimum Gasteiger partial charge on any atom is -0.486 e. The zero-order chi connectivity index (χ0) is 19.4. The summed E-state index contributed by atoms with van der Waals surface area (Å²) in [5.74, 6) is 0.102. The highest BCUT2D eigenvalue weighted by Crippen LogP contribution is 2.33. The number of Topliss-reactive ketones (excluding diaryl/α,β-unsaturated/α-hetero) is 1. The first-order valence-electron chi connectivity index (χ1n) is 8.45. The molecule has 0 aromatic heterocycles. The normalized spacial score (nSPS) is 13.1. The molecule has 0 saturated heterocycles. The van der Waals surface area contributed by atoms with Crippen molar-refractivity contribution in [2.45, 2.75) is 11.8 Å². The van der Waals surface area contributed by atoms with Gasteiger partial charge in [0, 0.05) is 5.56 Å². The van der Waals surface area contributed by atoms with Crippen LogP contribution in [-0.4, -0.2) is 45.6 Å². The molecule has 0 spiro atoms. The maximum Gasteiger partial charge on any atom is 0.251 e. The van der Waals surface area contributed by atoms with E-state index in [2.05, 4.69) is 5.32 Å². The highest BCUT2D eigenvalue weighted by atomic mass is 32.2. The van der Waals surface area contributed by atoms with Crippen molar-refractivity contribution in [1.29, 1.82) is 0 Å². The Labute approximate surface area is 157 Å². The number of ether oxygens (including phenoxy) is 2. The van der Waals surface area contributed by atoms with E-state index in [1.165, 1.54) is 24.3 Å². The van der Waals surface area contributed by atoms with Crippen LogP contribution in [0.15, 0.2) is 47.4 Å². The molecule has 7 nitrogen and oxygen atoms in total. The van der Waals surface area contributed by atoms with Crippen molar-refractivity contribution in [3.63, 3.8) is 0 Å². The van der Waals surface area contributed by atoms with Gasteiger partial charge >= 0.3 is 0 Å². The van der Waals surface area contributed by atoms with Crippen LogP contribution in [0.25, 0.3) is 0 Å². The number of nitrogens with one attached hydrogen (secondary N) is 1. The molecule has 1 N–H and O–H groups in total. The highest BCUT2D eigenvalue weighted by molar-refractivity contribution is 7.91. The van der Waals surface area contributed by atoms with Crippen LogP contribution in [0, 0.1) is 0 Å². The Bertz CT molecular complexity index is 966. The summed E-state index contributed by atoms with van der Waals surface area (Å²) >= 11 is 0. The van der Waals surface area contributed by atoms with E-state index in [0.717, 1.165) is 0 Å². The number of hydrogen-bond acceptors (Lipinski definition) is 6. The molecule has 2 aromatic rings. The number of benzene rings is 2. The topological polar surface area (TPSA) is 98.8 Å². The minimum atomic E-state index is -3.32. The summed E-state index contributed by atoms with van der Waals surface area (Å²) in [7, 11) is -3.32. The van der Waals surface area contributed by atoms with Crippen LogP contribution in [0.1, 0.15) is 27.6 Å². The molecule has 0 saturated carbocycles. The van der Waals surface area contributed by atoms with Crippen LogP contribution in [0.3, 0.4) is 0 Å². The molecule has 1 aliphatic rings. The quantitative estimate of drug-likeness (QED) is 0.757. The molecule has 1 heterocycles. The van der Waals surface area contributed by atoms with Gasteiger partial charge in [-0.25, -0.2) is 8.42 Å². The molecule has 8 heteroatoms. The highest BCUT2D eigenvalue weighted by Gasteiger charge is 2.21. The Morgan fingerprint density at radius 3 is 2.44 bits per heavy atom. The van der Waals surface area contributed by atoms with Gasteiger partial charge in [-0.1, -0.05) is 13.0 Å². The molecule has 3 rings (SSSR count). The van der Waals surface area contributed by atoms with Crippen LogP contribution >= 0.6 is 0 Å². The molecule has 2 aromatic carbocycles. The van der Waals surface area contributed by atoms with Crippen LogP contribution in [-0.2, 0) is 9.84 Å². The first-order valence-corrected chi connectivity index (χ1v) is 10.1. The molecule has 1 aliphatic heterocycles. The van der Waals surface area contributed by atoms with E-state index in [1.54, 1.807) is 25.1 Å².